The highest BCUT2D eigenvalue weighted by Gasteiger charge is 2.12. The van der Waals surface area contributed by atoms with Crippen LogP contribution < -0.4 is 10.2 Å². The van der Waals surface area contributed by atoms with Gasteiger partial charge in [0.2, 0.25) is 0 Å². The molecule has 1 N–H and O–H groups in total. The van der Waals surface area contributed by atoms with Crippen molar-refractivity contribution in [3.63, 3.8) is 0 Å². The van der Waals surface area contributed by atoms with Gasteiger partial charge in [-0.2, -0.15) is 5.26 Å². The Hall–Kier alpha value is -2.84. The molecule has 5 nitrogen and oxygen atoms in total. The summed E-state index contributed by atoms with van der Waals surface area (Å²) in [6, 6.07) is 14.5. The number of benzene rings is 2. The number of hydrogen-bond donors (Lipinski definition) is 1. The smallest absolute Gasteiger partial charge is 0.262 e. The molecule has 1 saturated heterocycles. The zero-order chi connectivity index (χ0) is 19.8. The van der Waals surface area contributed by atoms with Gasteiger partial charge in [0, 0.05) is 31.9 Å². The lowest BCUT2D eigenvalue weighted by molar-refractivity contribution is -0.117. The fraction of sp³-hybridized carbons (Fsp3) is 0.391. The molecule has 0 radical (unpaired) electrons. The van der Waals surface area contributed by atoms with Gasteiger partial charge < -0.3 is 15.0 Å². The van der Waals surface area contributed by atoms with Gasteiger partial charge in [-0.25, -0.2) is 0 Å². The lowest BCUT2D eigenvalue weighted by Gasteiger charge is -2.29. The van der Waals surface area contributed by atoms with E-state index in [9.17, 15) is 10.1 Å². The minimum Gasteiger partial charge on any atom is -0.380 e. The summed E-state index contributed by atoms with van der Waals surface area (Å²) < 4.78 is 5.20. The van der Waals surface area contributed by atoms with Gasteiger partial charge in [-0.3, -0.25) is 4.79 Å². The predicted octanol–water partition coefficient (Wildman–Crippen LogP) is 3.89. The molecule has 1 amide bonds. The highest BCUT2D eigenvalue weighted by molar-refractivity contribution is 6.02. The molecule has 3 rings (SSSR count). The quantitative estimate of drug-likeness (QED) is 0.452. The van der Waals surface area contributed by atoms with Crippen LogP contribution >= 0.6 is 0 Å². The largest absolute Gasteiger partial charge is 0.380 e. The molecule has 1 aliphatic rings. The summed E-state index contributed by atoms with van der Waals surface area (Å²) in [4.78, 5) is 14.6. The number of carbonyl (C=O) groups excluding carboxylic acids is 1. The summed E-state index contributed by atoms with van der Waals surface area (Å²) in [7, 11) is 0. The van der Waals surface area contributed by atoms with E-state index in [-0.39, 0.29) is 11.5 Å². The first-order valence-electron chi connectivity index (χ1n) is 9.98. The second-order valence-electron chi connectivity index (χ2n) is 6.96. The molecule has 0 aliphatic carbocycles. The molecule has 0 aromatic heterocycles. The minimum absolute atomic E-state index is 0.0979. The molecule has 0 spiro atoms. The monoisotopic (exact) mass is 377 g/mol. The molecule has 1 heterocycles. The SMILES string of the molecule is CCOCCNC(=O)/C(C#N)=C/c1ccc2cc(N3CCCCC3)ccc2c1. The van der Waals surface area contributed by atoms with E-state index in [2.05, 4.69) is 34.5 Å². The van der Waals surface area contributed by atoms with Gasteiger partial charge in [-0.1, -0.05) is 18.2 Å². The van der Waals surface area contributed by atoms with Gasteiger partial charge in [0.25, 0.3) is 5.91 Å². The van der Waals surface area contributed by atoms with E-state index >= 15 is 0 Å². The number of ether oxygens (including phenoxy) is 1. The van der Waals surface area contributed by atoms with Gasteiger partial charge in [-0.15, -0.1) is 0 Å². The molecule has 2 aromatic carbocycles. The first kappa shape index (κ1) is 19.9. The fourth-order valence-corrected chi connectivity index (χ4v) is 3.48. The summed E-state index contributed by atoms with van der Waals surface area (Å²) in [5.74, 6) is -0.372. The second kappa shape index (κ2) is 9.91. The highest BCUT2D eigenvalue weighted by atomic mass is 16.5. The summed E-state index contributed by atoms with van der Waals surface area (Å²) in [5, 5.41) is 14.3. The Morgan fingerprint density at radius 2 is 1.93 bits per heavy atom. The van der Waals surface area contributed by atoms with Crippen LogP contribution in [0.15, 0.2) is 42.0 Å². The average molecular weight is 377 g/mol. The Morgan fingerprint density at radius 3 is 2.68 bits per heavy atom. The number of fused-ring (bicyclic) bond motifs is 1. The number of amides is 1. The Kier molecular flexibility index (Phi) is 7.05. The van der Waals surface area contributed by atoms with Crippen molar-refractivity contribution in [3.8, 4) is 6.07 Å². The van der Waals surface area contributed by atoms with E-state index in [0.717, 1.165) is 24.0 Å². The Bertz CT molecular complexity index is 892. The molecular weight excluding hydrogens is 350 g/mol. The summed E-state index contributed by atoms with van der Waals surface area (Å²) in [6.45, 7) is 5.58. The first-order valence-corrected chi connectivity index (χ1v) is 9.98. The Labute approximate surface area is 166 Å². The van der Waals surface area contributed by atoms with Crippen molar-refractivity contribution in [2.75, 3.05) is 37.7 Å². The Balaban J connectivity index is 1.74. The van der Waals surface area contributed by atoms with E-state index in [1.807, 2.05) is 25.1 Å². The van der Waals surface area contributed by atoms with Crippen molar-refractivity contribution in [2.24, 2.45) is 0 Å². The van der Waals surface area contributed by atoms with E-state index in [1.54, 1.807) is 6.08 Å². The molecule has 1 aliphatic heterocycles. The van der Waals surface area contributed by atoms with Gasteiger partial charge in [-0.05, 0) is 66.8 Å². The second-order valence-corrected chi connectivity index (χ2v) is 6.96. The average Bonchev–Trinajstić information content (AvgIpc) is 2.75. The normalized spacial score (nSPS) is 14.7. The van der Waals surface area contributed by atoms with Gasteiger partial charge >= 0.3 is 0 Å². The van der Waals surface area contributed by atoms with Crippen molar-refractivity contribution < 1.29 is 9.53 Å². The maximum absolute atomic E-state index is 12.2. The van der Waals surface area contributed by atoms with E-state index in [4.69, 9.17) is 4.74 Å². The fourth-order valence-electron chi connectivity index (χ4n) is 3.48. The molecule has 146 valence electrons. The standard InChI is InChI=1S/C23H27N3O2/c1-2-28-13-10-25-23(27)21(17-24)15-18-6-7-20-16-22(9-8-19(20)14-18)26-11-4-3-5-12-26/h6-9,14-16H,2-5,10-13H2,1H3,(H,25,27)/b21-15+. The third-order valence-corrected chi connectivity index (χ3v) is 4.98. The van der Waals surface area contributed by atoms with E-state index in [0.29, 0.717) is 19.8 Å². The minimum atomic E-state index is -0.372. The maximum atomic E-state index is 12.2. The number of carbonyl (C=O) groups is 1. The number of rotatable bonds is 7. The van der Waals surface area contributed by atoms with Crippen molar-refractivity contribution in [2.45, 2.75) is 26.2 Å². The van der Waals surface area contributed by atoms with Crippen LogP contribution in [-0.4, -0.2) is 38.8 Å². The molecule has 1 fully saturated rings. The molecule has 0 saturated carbocycles. The third-order valence-electron chi connectivity index (χ3n) is 4.98. The van der Waals surface area contributed by atoms with Crippen LogP contribution in [0.5, 0.6) is 0 Å². The van der Waals surface area contributed by atoms with Crippen LogP contribution in [0.2, 0.25) is 0 Å². The number of piperidine rings is 1. The molecule has 5 heteroatoms. The highest BCUT2D eigenvalue weighted by Crippen LogP contribution is 2.26. The third kappa shape index (κ3) is 5.11. The van der Waals surface area contributed by atoms with Crippen molar-refractivity contribution >= 4 is 28.4 Å². The number of hydrogen-bond acceptors (Lipinski definition) is 4. The van der Waals surface area contributed by atoms with Crippen LogP contribution in [0, 0.1) is 11.3 Å². The van der Waals surface area contributed by atoms with Crippen molar-refractivity contribution in [3.05, 3.63) is 47.5 Å². The van der Waals surface area contributed by atoms with Crippen molar-refractivity contribution in [1.82, 2.24) is 5.32 Å². The van der Waals surface area contributed by atoms with E-state index < -0.39 is 0 Å². The van der Waals surface area contributed by atoms with Crippen molar-refractivity contribution in [1.29, 1.82) is 5.26 Å². The summed E-state index contributed by atoms with van der Waals surface area (Å²) >= 11 is 0. The van der Waals surface area contributed by atoms with Crippen LogP contribution in [0.1, 0.15) is 31.7 Å². The molecule has 2 aromatic rings. The van der Waals surface area contributed by atoms with Crippen LogP contribution in [0.3, 0.4) is 0 Å². The molecule has 0 bridgehead atoms. The molecule has 0 unspecified atom stereocenters. The molecule has 0 atom stereocenters. The van der Waals surface area contributed by atoms with Crippen LogP contribution in [0.4, 0.5) is 5.69 Å². The van der Waals surface area contributed by atoms with E-state index in [1.165, 1.54) is 30.3 Å². The lowest BCUT2D eigenvalue weighted by Crippen LogP contribution is -2.29. The van der Waals surface area contributed by atoms with Crippen LogP contribution in [-0.2, 0) is 9.53 Å². The summed E-state index contributed by atoms with van der Waals surface area (Å²) in [6.07, 6.45) is 5.46. The topological polar surface area (TPSA) is 65.4 Å². The molecule has 28 heavy (non-hydrogen) atoms. The zero-order valence-electron chi connectivity index (χ0n) is 16.4. The first-order chi connectivity index (χ1) is 13.7. The van der Waals surface area contributed by atoms with Gasteiger partial charge in [0.1, 0.15) is 11.6 Å². The summed E-state index contributed by atoms with van der Waals surface area (Å²) in [5.41, 5.74) is 2.21. The number of anilines is 1. The predicted molar refractivity (Wildman–Crippen MR) is 113 cm³/mol. The van der Waals surface area contributed by atoms with Gasteiger partial charge in [0.15, 0.2) is 0 Å². The zero-order valence-corrected chi connectivity index (χ0v) is 16.4. The van der Waals surface area contributed by atoms with Gasteiger partial charge in [0.05, 0.1) is 6.61 Å². The molecular formula is C23H27N3O2. The number of nitrogens with one attached hydrogen (secondary N) is 1. The lowest BCUT2D eigenvalue weighted by atomic mass is 10.0. The van der Waals surface area contributed by atoms with Crippen LogP contribution in [0.25, 0.3) is 16.8 Å². The number of nitrogens with zero attached hydrogens (tertiary/aromatic N) is 2. The number of nitriles is 1. The maximum Gasteiger partial charge on any atom is 0.262 e. The Morgan fingerprint density at radius 1 is 1.18 bits per heavy atom.